The van der Waals surface area contributed by atoms with Gasteiger partial charge in [-0.25, -0.2) is 0 Å². The predicted molar refractivity (Wildman–Crippen MR) is 101 cm³/mol. The fourth-order valence-electron chi connectivity index (χ4n) is 2.51. The van der Waals surface area contributed by atoms with E-state index >= 15 is 0 Å². The summed E-state index contributed by atoms with van der Waals surface area (Å²) < 4.78 is 39.1. The van der Waals surface area contributed by atoms with E-state index in [1.54, 1.807) is 24.3 Å². The van der Waals surface area contributed by atoms with Crippen molar-refractivity contribution < 1.29 is 22.9 Å². The third kappa shape index (κ3) is 4.45. The number of hydrogen-bond donors (Lipinski definition) is 1. The molecule has 0 aliphatic carbocycles. The molecule has 1 amide bonds. The maximum atomic E-state index is 13.0. The van der Waals surface area contributed by atoms with Crippen LogP contribution in [-0.4, -0.2) is 27.7 Å². The number of thioether (sulfide) groups is 1. The van der Waals surface area contributed by atoms with Gasteiger partial charge in [0, 0.05) is 28.1 Å². The van der Waals surface area contributed by atoms with E-state index in [1.807, 2.05) is 0 Å². The molecule has 1 aliphatic heterocycles. The molecule has 6 nitrogen and oxygen atoms in total. The lowest BCUT2D eigenvalue weighted by molar-refractivity contribution is -0.388. The van der Waals surface area contributed by atoms with Crippen molar-refractivity contribution in [3.8, 4) is 0 Å². The summed E-state index contributed by atoms with van der Waals surface area (Å²) in [4.78, 5) is 26.3. The summed E-state index contributed by atoms with van der Waals surface area (Å²) in [6, 6.07) is 8.41. The van der Waals surface area contributed by atoms with E-state index in [0.717, 1.165) is 11.6 Å². The van der Waals surface area contributed by atoms with Gasteiger partial charge in [0.25, 0.3) is 5.69 Å². The maximum absolute atomic E-state index is 13.0. The molecule has 1 unspecified atom stereocenters. The molecule has 1 N–H and O–H groups in total. The molecule has 0 saturated heterocycles. The average Bonchev–Trinajstić information content (AvgIpc) is 3.11. The van der Waals surface area contributed by atoms with Crippen LogP contribution in [-0.2, 0) is 11.0 Å². The van der Waals surface area contributed by atoms with Gasteiger partial charge in [0.1, 0.15) is 11.6 Å². The molecule has 28 heavy (non-hydrogen) atoms. The Labute approximate surface area is 165 Å². The van der Waals surface area contributed by atoms with Gasteiger partial charge in [-0.3, -0.25) is 19.9 Å². The van der Waals surface area contributed by atoms with Gasteiger partial charge in [0.05, 0.1) is 9.97 Å². The van der Waals surface area contributed by atoms with Crippen LogP contribution in [0.3, 0.4) is 0 Å². The summed E-state index contributed by atoms with van der Waals surface area (Å²) in [5.74, 6) is -0.293. The number of benzene rings is 2. The number of nitro benzene ring substituents is 1. The lowest BCUT2D eigenvalue weighted by atomic mass is 10.1. The Kier molecular flexibility index (Phi) is 5.61. The Bertz CT molecular complexity index is 982. The molecule has 0 spiro atoms. The molecule has 3 rings (SSSR count). The topological polar surface area (TPSA) is 84.6 Å². The van der Waals surface area contributed by atoms with Gasteiger partial charge in [-0.05, 0) is 24.3 Å². The van der Waals surface area contributed by atoms with Crippen molar-refractivity contribution in [1.29, 1.82) is 0 Å². The molecule has 0 fully saturated rings. The van der Waals surface area contributed by atoms with Crippen molar-refractivity contribution in [3.63, 3.8) is 0 Å². The second-order valence-electron chi connectivity index (χ2n) is 5.75. The van der Waals surface area contributed by atoms with E-state index in [4.69, 9.17) is 11.6 Å². The molecule has 11 heteroatoms. The molecule has 1 aliphatic rings. The predicted octanol–water partition coefficient (Wildman–Crippen LogP) is 4.77. The van der Waals surface area contributed by atoms with Crippen LogP contribution in [0, 0.1) is 10.1 Å². The van der Waals surface area contributed by atoms with Gasteiger partial charge in [-0.15, -0.1) is 11.8 Å². The first-order valence-electron chi connectivity index (χ1n) is 7.78. The number of carbonyl (C=O) groups excluding carboxylic acids is 1. The molecular weight excluding hydrogens is 419 g/mol. The molecule has 2 aromatic rings. The summed E-state index contributed by atoms with van der Waals surface area (Å²) in [7, 11) is 0. The van der Waals surface area contributed by atoms with E-state index in [-0.39, 0.29) is 5.69 Å². The third-order valence-corrected chi connectivity index (χ3v) is 5.12. The Morgan fingerprint density at radius 3 is 2.68 bits per heavy atom. The molecule has 2 aromatic carbocycles. The molecule has 1 heterocycles. The van der Waals surface area contributed by atoms with E-state index in [1.165, 1.54) is 11.8 Å². The highest BCUT2D eigenvalue weighted by Gasteiger charge is 2.38. The number of halogens is 4. The number of rotatable bonds is 4. The molecule has 0 radical (unpaired) electrons. The molecule has 0 bridgehead atoms. The highest BCUT2D eigenvalue weighted by molar-refractivity contribution is 8.14. The van der Waals surface area contributed by atoms with Crippen molar-refractivity contribution in [2.24, 2.45) is 4.99 Å². The number of nitrogens with zero attached hydrogens (tertiary/aromatic N) is 2. The van der Waals surface area contributed by atoms with Crippen LogP contribution in [0.15, 0.2) is 47.5 Å². The Balaban J connectivity index is 1.79. The first kappa shape index (κ1) is 20.2. The smallest absolute Gasteiger partial charge is 0.324 e. The second kappa shape index (κ2) is 7.80. The molecular formula is C17H11ClF3N3O3S. The van der Waals surface area contributed by atoms with Crippen molar-refractivity contribution >= 4 is 45.7 Å². The maximum Gasteiger partial charge on any atom is 0.423 e. The van der Waals surface area contributed by atoms with Crippen molar-refractivity contribution in [2.45, 2.75) is 12.2 Å². The number of aliphatic imine (C=N–C) groups is 1. The van der Waals surface area contributed by atoms with Gasteiger partial charge >= 0.3 is 6.18 Å². The molecule has 0 aromatic heterocycles. The summed E-state index contributed by atoms with van der Waals surface area (Å²) in [5, 5.41) is 14.2. The zero-order valence-corrected chi connectivity index (χ0v) is 15.4. The van der Waals surface area contributed by atoms with Crippen LogP contribution in [0.1, 0.15) is 11.1 Å². The van der Waals surface area contributed by atoms with Crippen LogP contribution in [0.5, 0.6) is 0 Å². The highest BCUT2D eigenvalue weighted by atomic mass is 35.5. The standard InChI is InChI=1S/C17H11ClF3N3O3S/c18-10-3-1-2-9(6-10)16-23-13(8-28-16)15(25)22-11-4-5-14(24(26)27)12(7-11)17(19,20)21/h1-7,13H,8H2,(H,22,25). The number of anilines is 1. The minimum Gasteiger partial charge on any atom is -0.324 e. The van der Waals surface area contributed by atoms with Gasteiger partial charge in [-0.1, -0.05) is 23.7 Å². The number of alkyl halides is 3. The number of hydrogen-bond acceptors (Lipinski definition) is 5. The first-order valence-corrected chi connectivity index (χ1v) is 9.14. The van der Waals surface area contributed by atoms with Crippen LogP contribution >= 0.6 is 23.4 Å². The lowest BCUT2D eigenvalue weighted by Crippen LogP contribution is -2.26. The molecule has 146 valence electrons. The average molecular weight is 430 g/mol. The van der Waals surface area contributed by atoms with Crippen LogP contribution in [0.4, 0.5) is 24.5 Å². The van der Waals surface area contributed by atoms with E-state index in [0.29, 0.717) is 28.0 Å². The monoisotopic (exact) mass is 429 g/mol. The lowest BCUT2D eigenvalue weighted by Gasteiger charge is -2.12. The van der Waals surface area contributed by atoms with Gasteiger partial charge < -0.3 is 5.32 Å². The second-order valence-corrected chi connectivity index (χ2v) is 7.19. The fraction of sp³-hybridized carbons (Fsp3) is 0.176. The third-order valence-electron chi connectivity index (χ3n) is 3.79. The first-order chi connectivity index (χ1) is 13.1. The summed E-state index contributed by atoms with van der Waals surface area (Å²) in [6.07, 6.45) is -4.93. The minimum atomic E-state index is -4.93. The molecule has 1 atom stereocenters. The van der Waals surface area contributed by atoms with Crippen LogP contribution < -0.4 is 5.32 Å². The van der Waals surface area contributed by atoms with Gasteiger partial charge in [-0.2, -0.15) is 13.2 Å². The minimum absolute atomic E-state index is 0.195. The van der Waals surface area contributed by atoms with E-state index in [9.17, 15) is 28.1 Å². The largest absolute Gasteiger partial charge is 0.423 e. The Hall–Kier alpha value is -2.59. The van der Waals surface area contributed by atoms with Crippen LogP contribution in [0.2, 0.25) is 5.02 Å². The number of carbonyl (C=O) groups is 1. The Morgan fingerprint density at radius 1 is 1.29 bits per heavy atom. The van der Waals surface area contributed by atoms with E-state index < -0.39 is 34.3 Å². The molecule has 0 saturated carbocycles. The zero-order chi connectivity index (χ0) is 20.5. The summed E-state index contributed by atoms with van der Waals surface area (Å²) in [6.45, 7) is 0. The highest BCUT2D eigenvalue weighted by Crippen LogP contribution is 2.37. The van der Waals surface area contributed by atoms with Crippen LogP contribution in [0.25, 0.3) is 0 Å². The van der Waals surface area contributed by atoms with Gasteiger partial charge in [0.15, 0.2) is 0 Å². The number of amides is 1. The Morgan fingerprint density at radius 2 is 2.04 bits per heavy atom. The van der Waals surface area contributed by atoms with Gasteiger partial charge in [0.2, 0.25) is 5.91 Å². The quantitative estimate of drug-likeness (QED) is 0.560. The summed E-state index contributed by atoms with van der Waals surface area (Å²) in [5.41, 5.74) is -1.97. The SMILES string of the molecule is O=C(Nc1ccc([N+](=O)[O-])c(C(F)(F)F)c1)C1CSC(c2cccc(Cl)c2)=N1. The van der Waals surface area contributed by atoms with Crippen molar-refractivity contribution in [3.05, 3.63) is 68.7 Å². The number of nitro groups is 1. The fourth-order valence-corrected chi connectivity index (χ4v) is 3.74. The van der Waals surface area contributed by atoms with Crippen molar-refractivity contribution in [1.82, 2.24) is 0 Å². The number of nitrogens with one attached hydrogen (secondary N) is 1. The summed E-state index contributed by atoms with van der Waals surface area (Å²) >= 11 is 7.26. The van der Waals surface area contributed by atoms with Crippen molar-refractivity contribution in [2.75, 3.05) is 11.1 Å². The normalized spacial score (nSPS) is 16.6. The van der Waals surface area contributed by atoms with E-state index in [2.05, 4.69) is 10.3 Å². The zero-order valence-electron chi connectivity index (χ0n) is 13.9.